The van der Waals surface area contributed by atoms with Gasteiger partial charge in [0, 0.05) is 5.02 Å². The van der Waals surface area contributed by atoms with Crippen LogP contribution in [0.2, 0.25) is 5.02 Å². The molecule has 1 aromatic rings. The minimum Gasteiger partial charge on any atom is -0.481 e. The summed E-state index contributed by atoms with van der Waals surface area (Å²) in [4.78, 5) is 22.1. The van der Waals surface area contributed by atoms with Gasteiger partial charge in [0.15, 0.2) is 12.4 Å². The number of ketones is 1. The van der Waals surface area contributed by atoms with Crippen LogP contribution in [0.15, 0.2) is 18.2 Å². The van der Waals surface area contributed by atoms with Gasteiger partial charge in [-0.15, -0.1) is 0 Å². The van der Waals surface area contributed by atoms with Crippen molar-refractivity contribution in [1.82, 2.24) is 0 Å². The third-order valence-electron chi connectivity index (χ3n) is 1.90. The Hall–Kier alpha value is -1.55. The highest BCUT2D eigenvalue weighted by Gasteiger charge is 2.10. The third kappa shape index (κ3) is 3.24. The molecule has 1 rings (SSSR count). The maximum atomic E-state index is 11.3. The molecule has 0 aromatic heterocycles. The van der Waals surface area contributed by atoms with Crippen molar-refractivity contribution in [2.45, 2.75) is 6.92 Å². The summed E-state index contributed by atoms with van der Waals surface area (Å²) in [6.07, 6.45) is 0. The molecule has 0 aliphatic carbocycles. The maximum absolute atomic E-state index is 11.3. The molecule has 0 bridgehead atoms. The highest BCUT2D eigenvalue weighted by Crippen LogP contribution is 2.23. The number of carbonyl (C=O) groups is 2. The van der Waals surface area contributed by atoms with Crippen LogP contribution in [0.25, 0.3) is 0 Å². The third-order valence-corrected chi connectivity index (χ3v) is 2.13. The van der Waals surface area contributed by atoms with Crippen molar-refractivity contribution in [1.29, 1.82) is 0 Å². The van der Waals surface area contributed by atoms with E-state index < -0.39 is 5.97 Å². The van der Waals surface area contributed by atoms with Crippen LogP contribution in [0.5, 0.6) is 5.75 Å². The molecule has 5 heteroatoms. The summed E-state index contributed by atoms with van der Waals surface area (Å²) in [6, 6.07) is 4.63. The molecule has 0 saturated carbocycles. The number of halogens is 1. The number of Topliss-reactive ketones (excluding diaryl/α,β-unsaturated/α-hetero) is 1. The zero-order valence-corrected chi connectivity index (χ0v) is 9.71. The lowest BCUT2D eigenvalue weighted by atomic mass is 10.1. The molecule has 0 spiro atoms. The van der Waals surface area contributed by atoms with Gasteiger partial charge in [0.25, 0.3) is 0 Å². The minimum absolute atomic E-state index is 0.156. The Morgan fingerprint density at radius 1 is 1.38 bits per heavy atom. The highest BCUT2D eigenvalue weighted by molar-refractivity contribution is 6.30. The van der Waals surface area contributed by atoms with Crippen molar-refractivity contribution < 1.29 is 19.1 Å². The predicted molar refractivity (Wildman–Crippen MR) is 59.0 cm³/mol. The quantitative estimate of drug-likeness (QED) is 0.599. The molecule has 0 radical (unpaired) electrons. The van der Waals surface area contributed by atoms with Gasteiger partial charge < -0.3 is 9.47 Å². The number of hydrogen-bond donors (Lipinski definition) is 0. The van der Waals surface area contributed by atoms with Crippen LogP contribution in [0.3, 0.4) is 0 Å². The lowest BCUT2D eigenvalue weighted by Gasteiger charge is -2.08. The van der Waals surface area contributed by atoms with Gasteiger partial charge in [-0.3, -0.25) is 4.79 Å². The van der Waals surface area contributed by atoms with E-state index in [0.717, 1.165) is 0 Å². The van der Waals surface area contributed by atoms with Gasteiger partial charge in [0.2, 0.25) is 0 Å². The Kier molecular flexibility index (Phi) is 4.31. The number of esters is 1. The minimum atomic E-state index is -0.519. The molecule has 16 heavy (non-hydrogen) atoms. The molecule has 0 atom stereocenters. The summed E-state index contributed by atoms with van der Waals surface area (Å²) in [6.45, 7) is 1.16. The Morgan fingerprint density at radius 2 is 2.06 bits per heavy atom. The fraction of sp³-hybridized carbons (Fsp3) is 0.273. The van der Waals surface area contributed by atoms with E-state index in [4.69, 9.17) is 16.3 Å². The Labute approximate surface area is 98.1 Å². The van der Waals surface area contributed by atoms with Gasteiger partial charge in [-0.1, -0.05) is 11.6 Å². The second kappa shape index (κ2) is 5.51. The van der Waals surface area contributed by atoms with Crippen LogP contribution >= 0.6 is 11.6 Å². The summed E-state index contributed by atoms with van der Waals surface area (Å²) in [5, 5.41) is 0.435. The van der Waals surface area contributed by atoms with Gasteiger partial charge in [-0.25, -0.2) is 4.79 Å². The Morgan fingerprint density at radius 3 is 2.62 bits per heavy atom. The number of benzene rings is 1. The Balaban J connectivity index is 2.88. The lowest BCUT2D eigenvalue weighted by Crippen LogP contribution is -2.13. The van der Waals surface area contributed by atoms with E-state index in [1.807, 2.05) is 0 Å². The standard InChI is InChI=1S/C11H11ClO4/c1-7(13)9-4-3-8(12)5-10(9)16-6-11(14)15-2/h3-5H,6H2,1-2H3. The van der Waals surface area contributed by atoms with Gasteiger partial charge in [-0.05, 0) is 25.1 Å². The van der Waals surface area contributed by atoms with Crippen molar-refractivity contribution in [3.05, 3.63) is 28.8 Å². The van der Waals surface area contributed by atoms with Crippen molar-refractivity contribution in [2.24, 2.45) is 0 Å². The molecule has 0 fully saturated rings. The molecule has 0 heterocycles. The van der Waals surface area contributed by atoms with Crippen LogP contribution in [0.1, 0.15) is 17.3 Å². The van der Waals surface area contributed by atoms with E-state index in [2.05, 4.69) is 4.74 Å². The number of carbonyl (C=O) groups excluding carboxylic acids is 2. The number of hydrogen-bond acceptors (Lipinski definition) is 4. The van der Waals surface area contributed by atoms with Crippen LogP contribution in [0.4, 0.5) is 0 Å². The molecule has 0 aliphatic rings. The molecule has 4 nitrogen and oxygen atoms in total. The van der Waals surface area contributed by atoms with Crippen molar-refractivity contribution >= 4 is 23.4 Å². The monoisotopic (exact) mass is 242 g/mol. The molecule has 0 saturated heterocycles. The molecule has 0 aliphatic heterocycles. The average Bonchev–Trinajstić information content (AvgIpc) is 2.25. The smallest absolute Gasteiger partial charge is 0.343 e. The van der Waals surface area contributed by atoms with E-state index in [1.165, 1.54) is 20.1 Å². The summed E-state index contributed by atoms with van der Waals surface area (Å²) in [5.74, 6) is -0.392. The first kappa shape index (κ1) is 12.5. The zero-order chi connectivity index (χ0) is 12.1. The van der Waals surface area contributed by atoms with Crippen molar-refractivity contribution in [3.8, 4) is 5.75 Å². The fourth-order valence-electron chi connectivity index (χ4n) is 1.10. The predicted octanol–water partition coefficient (Wildman–Crippen LogP) is 2.09. The van der Waals surface area contributed by atoms with E-state index in [1.54, 1.807) is 12.1 Å². The van der Waals surface area contributed by atoms with Gasteiger partial charge in [-0.2, -0.15) is 0 Å². The number of methoxy groups -OCH3 is 1. The largest absolute Gasteiger partial charge is 0.481 e. The molecular weight excluding hydrogens is 232 g/mol. The first-order valence-electron chi connectivity index (χ1n) is 4.54. The number of ether oxygens (including phenoxy) is 2. The van der Waals surface area contributed by atoms with Crippen molar-refractivity contribution in [2.75, 3.05) is 13.7 Å². The molecule has 0 unspecified atom stereocenters. The molecular formula is C11H11ClO4. The van der Waals surface area contributed by atoms with Gasteiger partial charge in [0.1, 0.15) is 5.75 Å². The molecule has 0 N–H and O–H groups in total. The molecule has 1 aromatic carbocycles. The van der Waals surface area contributed by atoms with E-state index >= 15 is 0 Å². The normalized spacial score (nSPS) is 9.69. The zero-order valence-electron chi connectivity index (χ0n) is 8.95. The van der Waals surface area contributed by atoms with E-state index in [-0.39, 0.29) is 18.1 Å². The molecule has 0 amide bonds. The lowest BCUT2D eigenvalue weighted by molar-refractivity contribution is -0.142. The summed E-state index contributed by atoms with van der Waals surface area (Å²) in [7, 11) is 1.26. The molecule has 86 valence electrons. The van der Waals surface area contributed by atoms with E-state index in [9.17, 15) is 9.59 Å². The van der Waals surface area contributed by atoms with Crippen molar-refractivity contribution in [3.63, 3.8) is 0 Å². The Bertz CT molecular complexity index is 414. The van der Waals surface area contributed by atoms with Crippen LogP contribution in [-0.4, -0.2) is 25.5 Å². The van der Waals surface area contributed by atoms with Crippen LogP contribution in [-0.2, 0) is 9.53 Å². The summed E-state index contributed by atoms with van der Waals surface area (Å²) in [5.41, 5.74) is 0.383. The van der Waals surface area contributed by atoms with Crippen LogP contribution in [0, 0.1) is 0 Å². The van der Waals surface area contributed by atoms with Gasteiger partial charge >= 0.3 is 5.97 Å². The highest BCUT2D eigenvalue weighted by atomic mass is 35.5. The average molecular weight is 243 g/mol. The first-order chi connectivity index (χ1) is 7.54. The summed E-state index contributed by atoms with van der Waals surface area (Å²) >= 11 is 5.76. The first-order valence-corrected chi connectivity index (χ1v) is 4.92. The SMILES string of the molecule is COC(=O)COc1cc(Cl)ccc1C(C)=O. The number of rotatable bonds is 4. The van der Waals surface area contributed by atoms with Gasteiger partial charge in [0.05, 0.1) is 12.7 Å². The fourth-order valence-corrected chi connectivity index (χ4v) is 1.26. The second-order valence-electron chi connectivity index (χ2n) is 3.06. The van der Waals surface area contributed by atoms with Crippen LogP contribution < -0.4 is 4.74 Å². The second-order valence-corrected chi connectivity index (χ2v) is 3.50. The maximum Gasteiger partial charge on any atom is 0.343 e. The topological polar surface area (TPSA) is 52.6 Å². The summed E-state index contributed by atoms with van der Waals surface area (Å²) < 4.78 is 9.57. The van der Waals surface area contributed by atoms with E-state index in [0.29, 0.717) is 10.6 Å².